The lowest BCUT2D eigenvalue weighted by atomic mass is 9.96. The fourth-order valence-electron chi connectivity index (χ4n) is 2.69. The molecule has 0 atom stereocenters. The van der Waals surface area contributed by atoms with E-state index in [1.165, 1.54) is 5.56 Å². The van der Waals surface area contributed by atoms with Gasteiger partial charge in [-0.2, -0.15) is 0 Å². The molecule has 0 aliphatic heterocycles. The molecule has 0 saturated carbocycles. The van der Waals surface area contributed by atoms with Gasteiger partial charge in [0.25, 0.3) is 0 Å². The Morgan fingerprint density at radius 3 is 2.35 bits per heavy atom. The summed E-state index contributed by atoms with van der Waals surface area (Å²) in [6.07, 6.45) is 0. The van der Waals surface area contributed by atoms with Crippen LogP contribution in [0.3, 0.4) is 0 Å². The highest BCUT2D eigenvalue weighted by molar-refractivity contribution is 5.98. The summed E-state index contributed by atoms with van der Waals surface area (Å²) in [5, 5.41) is 4.34. The van der Waals surface area contributed by atoms with Crippen LogP contribution >= 0.6 is 0 Å². The Kier molecular flexibility index (Phi) is 4.02. The van der Waals surface area contributed by atoms with Crippen LogP contribution in [0.15, 0.2) is 12.1 Å². The number of ether oxygens (including phenoxy) is 2. The van der Waals surface area contributed by atoms with E-state index in [9.17, 15) is 0 Å². The van der Waals surface area contributed by atoms with Crippen LogP contribution in [0.25, 0.3) is 10.9 Å². The van der Waals surface area contributed by atoms with Crippen molar-refractivity contribution < 1.29 is 9.47 Å². The number of nitrogens with one attached hydrogen (secondary N) is 1. The molecule has 0 aliphatic carbocycles. The van der Waals surface area contributed by atoms with Crippen molar-refractivity contribution in [2.24, 2.45) is 0 Å². The first-order chi connectivity index (χ1) is 9.53. The Bertz CT molecular complexity index is 636. The minimum atomic E-state index is 0.395. The van der Waals surface area contributed by atoms with Crippen molar-refractivity contribution in [2.75, 3.05) is 26.6 Å². The molecule has 1 heterocycles. The maximum atomic E-state index is 5.45. The van der Waals surface area contributed by atoms with Gasteiger partial charge in [0.15, 0.2) is 0 Å². The number of rotatable bonds is 4. The number of methoxy groups -OCH3 is 2. The third kappa shape index (κ3) is 2.26. The first-order valence-corrected chi connectivity index (χ1v) is 6.77. The van der Waals surface area contributed by atoms with Crippen molar-refractivity contribution in [1.29, 1.82) is 0 Å². The first kappa shape index (κ1) is 14.4. The van der Waals surface area contributed by atoms with Gasteiger partial charge in [-0.05, 0) is 24.5 Å². The number of fused-ring (bicyclic) bond motifs is 1. The smallest absolute Gasteiger partial charge is 0.148 e. The summed E-state index contributed by atoms with van der Waals surface area (Å²) < 4.78 is 10.8. The summed E-state index contributed by atoms with van der Waals surface area (Å²) >= 11 is 0. The van der Waals surface area contributed by atoms with E-state index in [0.717, 1.165) is 33.8 Å². The second-order valence-electron chi connectivity index (χ2n) is 5.12. The van der Waals surface area contributed by atoms with Crippen LogP contribution in [0.4, 0.5) is 5.69 Å². The number of hydrogen-bond donors (Lipinski definition) is 1. The fourth-order valence-corrected chi connectivity index (χ4v) is 2.69. The Labute approximate surface area is 120 Å². The molecule has 0 spiro atoms. The van der Waals surface area contributed by atoms with Crippen LogP contribution in [0.1, 0.15) is 31.0 Å². The van der Waals surface area contributed by atoms with Gasteiger partial charge in [-0.1, -0.05) is 13.8 Å². The maximum absolute atomic E-state index is 5.45. The van der Waals surface area contributed by atoms with Crippen LogP contribution in [0.2, 0.25) is 0 Å². The van der Waals surface area contributed by atoms with Crippen molar-refractivity contribution in [1.82, 2.24) is 4.98 Å². The summed E-state index contributed by atoms with van der Waals surface area (Å²) in [5.74, 6) is 1.90. The number of aromatic nitrogens is 1. The molecule has 2 aromatic rings. The maximum Gasteiger partial charge on any atom is 0.148 e. The number of aryl methyl sites for hydroxylation is 1. The molecular formula is C16H22N2O2. The molecule has 4 heteroatoms. The summed E-state index contributed by atoms with van der Waals surface area (Å²) in [6.45, 7) is 6.39. The molecule has 1 N–H and O–H groups in total. The van der Waals surface area contributed by atoms with Gasteiger partial charge < -0.3 is 14.8 Å². The molecule has 0 radical (unpaired) electrons. The zero-order valence-corrected chi connectivity index (χ0v) is 13.0. The summed E-state index contributed by atoms with van der Waals surface area (Å²) in [5.41, 5.74) is 4.22. The second-order valence-corrected chi connectivity index (χ2v) is 5.12. The van der Waals surface area contributed by atoms with Gasteiger partial charge in [0.2, 0.25) is 0 Å². The van der Waals surface area contributed by atoms with E-state index < -0.39 is 0 Å². The molecule has 4 nitrogen and oxygen atoms in total. The van der Waals surface area contributed by atoms with Crippen molar-refractivity contribution >= 4 is 16.6 Å². The van der Waals surface area contributed by atoms with Gasteiger partial charge in [0.1, 0.15) is 17.0 Å². The van der Waals surface area contributed by atoms with E-state index in [1.807, 2.05) is 26.1 Å². The predicted molar refractivity (Wildman–Crippen MR) is 83.2 cm³/mol. The van der Waals surface area contributed by atoms with E-state index in [4.69, 9.17) is 14.5 Å². The minimum Gasteiger partial charge on any atom is -0.497 e. The van der Waals surface area contributed by atoms with Crippen molar-refractivity contribution in [2.45, 2.75) is 26.7 Å². The molecule has 0 saturated heterocycles. The number of anilines is 1. The van der Waals surface area contributed by atoms with E-state index in [1.54, 1.807) is 14.2 Å². The molecule has 108 valence electrons. The molecular weight excluding hydrogens is 252 g/mol. The zero-order valence-electron chi connectivity index (χ0n) is 13.0. The van der Waals surface area contributed by atoms with Crippen LogP contribution in [0.5, 0.6) is 11.5 Å². The largest absolute Gasteiger partial charge is 0.497 e. The highest BCUT2D eigenvalue weighted by Crippen LogP contribution is 2.39. The van der Waals surface area contributed by atoms with Crippen molar-refractivity contribution in [3.05, 3.63) is 23.4 Å². The third-order valence-corrected chi connectivity index (χ3v) is 3.54. The van der Waals surface area contributed by atoms with Gasteiger partial charge in [-0.3, -0.25) is 0 Å². The van der Waals surface area contributed by atoms with E-state index in [-0.39, 0.29) is 0 Å². The lowest BCUT2D eigenvalue weighted by Crippen LogP contribution is -2.05. The molecule has 0 fully saturated rings. The molecule has 1 aromatic carbocycles. The highest BCUT2D eigenvalue weighted by atomic mass is 16.5. The van der Waals surface area contributed by atoms with Crippen LogP contribution in [0, 0.1) is 6.92 Å². The average Bonchev–Trinajstić information content (AvgIpc) is 2.44. The summed E-state index contributed by atoms with van der Waals surface area (Å²) in [4.78, 5) is 4.73. The van der Waals surface area contributed by atoms with Gasteiger partial charge >= 0.3 is 0 Å². The lowest BCUT2D eigenvalue weighted by molar-refractivity contribution is 0.397. The van der Waals surface area contributed by atoms with Gasteiger partial charge in [-0.15, -0.1) is 0 Å². The number of nitrogens with zero attached hydrogens (tertiary/aromatic N) is 1. The Morgan fingerprint density at radius 1 is 1.15 bits per heavy atom. The molecule has 1 aromatic heterocycles. The molecule has 0 amide bonds. The van der Waals surface area contributed by atoms with Crippen LogP contribution in [-0.2, 0) is 0 Å². The molecule has 0 aliphatic rings. The van der Waals surface area contributed by atoms with E-state index in [0.29, 0.717) is 5.92 Å². The molecule has 20 heavy (non-hydrogen) atoms. The monoisotopic (exact) mass is 274 g/mol. The fraction of sp³-hybridized carbons (Fsp3) is 0.438. The van der Waals surface area contributed by atoms with Gasteiger partial charge in [0, 0.05) is 29.9 Å². The topological polar surface area (TPSA) is 43.4 Å². The van der Waals surface area contributed by atoms with E-state index >= 15 is 0 Å². The number of pyridine rings is 1. The summed E-state index contributed by atoms with van der Waals surface area (Å²) in [7, 11) is 5.25. The predicted octanol–water partition coefficient (Wildman–Crippen LogP) is 3.73. The van der Waals surface area contributed by atoms with E-state index in [2.05, 4.69) is 19.2 Å². The SMILES string of the molecule is CNc1c(C(C)C)c(C)nc2c(OC)cc(OC)cc12. The Balaban J connectivity index is 2.91. The molecule has 0 bridgehead atoms. The average molecular weight is 274 g/mol. The highest BCUT2D eigenvalue weighted by Gasteiger charge is 2.17. The van der Waals surface area contributed by atoms with Crippen molar-refractivity contribution in [3.8, 4) is 11.5 Å². The molecule has 0 unspecified atom stereocenters. The standard InChI is InChI=1S/C16H22N2O2/c1-9(2)14-10(3)18-15-12(16(14)17-4)7-11(19-5)8-13(15)20-6/h7-9H,1-6H3,(H,17,18). The van der Waals surface area contributed by atoms with Gasteiger partial charge in [0.05, 0.1) is 14.2 Å². The number of benzene rings is 1. The van der Waals surface area contributed by atoms with Crippen LogP contribution < -0.4 is 14.8 Å². The van der Waals surface area contributed by atoms with Crippen molar-refractivity contribution in [3.63, 3.8) is 0 Å². The summed E-state index contributed by atoms with van der Waals surface area (Å²) in [6, 6.07) is 3.87. The minimum absolute atomic E-state index is 0.395. The second kappa shape index (κ2) is 5.57. The van der Waals surface area contributed by atoms with Gasteiger partial charge in [-0.25, -0.2) is 4.98 Å². The Morgan fingerprint density at radius 2 is 1.85 bits per heavy atom. The molecule has 2 rings (SSSR count). The zero-order chi connectivity index (χ0) is 14.9. The Hall–Kier alpha value is -1.97. The van der Waals surface area contributed by atoms with Crippen LogP contribution in [-0.4, -0.2) is 26.3 Å². The lowest BCUT2D eigenvalue weighted by Gasteiger charge is -2.19. The third-order valence-electron chi connectivity index (χ3n) is 3.54. The normalized spacial score (nSPS) is 10.9. The first-order valence-electron chi connectivity index (χ1n) is 6.77. The number of hydrogen-bond acceptors (Lipinski definition) is 4. The quantitative estimate of drug-likeness (QED) is 0.922.